The van der Waals surface area contributed by atoms with Gasteiger partial charge in [-0.1, -0.05) is 44.0 Å². The minimum absolute atomic E-state index is 0.100. The van der Waals surface area contributed by atoms with Gasteiger partial charge < -0.3 is 0 Å². The molecule has 0 saturated heterocycles. The van der Waals surface area contributed by atoms with E-state index < -0.39 is 15.6 Å². The van der Waals surface area contributed by atoms with E-state index >= 15 is 0 Å². The van der Waals surface area contributed by atoms with Gasteiger partial charge in [-0.05, 0) is 19.9 Å². The summed E-state index contributed by atoms with van der Waals surface area (Å²) < 4.78 is 25.5. The van der Waals surface area contributed by atoms with Gasteiger partial charge in [-0.25, -0.2) is 8.42 Å². The molecule has 0 aromatic heterocycles. The molecule has 17 heavy (non-hydrogen) atoms. The maximum Gasteiger partial charge on any atom is 0.219 e. The topological polar surface area (TPSA) is 49.4 Å². The molecule has 1 unspecified atom stereocenters. The SMILES string of the molecule is CCN(P(=S)(NC)SCC(C)C)S(=O)(=O)CC. The van der Waals surface area contributed by atoms with Crippen LogP contribution in [0.1, 0.15) is 27.7 Å². The van der Waals surface area contributed by atoms with E-state index in [2.05, 4.69) is 18.9 Å². The van der Waals surface area contributed by atoms with Gasteiger partial charge in [0.2, 0.25) is 10.0 Å². The Balaban J connectivity index is 5.12. The van der Waals surface area contributed by atoms with Gasteiger partial charge in [0.05, 0.1) is 5.75 Å². The molecule has 0 bridgehead atoms. The second-order valence-electron chi connectivity index (χ2n) is 3.97. The normalized spacial score (nSPS) is 16.4. The average Bonchev–Trinajstić information content (AvgIpc) is 2.27. The number of hydrogen-bond donors (Lipinski definition) is 1. The highest BCUT2D eigenvalue weighted by atomic mass is 32.9. The first-order valence-corrected chi connectivity index (χ1v) is 11.6. The molecule has 1 atom stereocenters. The molecule has 0 aromatic rings. The summed E-state index contributed by atoms with van der Waals surface area (Å²) in [7, 11) is -1.48. The van der Waals surface area contributed by atoms with E-state index in [1.54, 1.807) is 25.4 Å². The van der Waals surface area contributed by atoms with Gasteiger partial charge in [0.25, 0.3) is 0 Å². The minimum atomic E-state index is -3.23. The summed E-state index contributed by atoms with van der Waals surface area (Å²) in [5.41, 5.74) is -2.26. The predicted octanol–water partition coefficient (Wildman–Crippen LogP) is 2.49. The Hall–Kier alpha value is 0.870. The molecule has 0 fully saturated rings. The van der Waals surface area contributed by atoms with Crippen molar-refractivity contribution in [3.8, 4) is 0 Å². The van der Waals surface area contributed by atoms with Crippen LogP contribution >= 0.6 is 16.9 Å². The van der Waals surface area contributed by atoms with Gasteiger partial charge in [-0.2, -0.15) is 4.08 Å². The first-order valence-electron chi connectivity index (χ1n) is 5.68. The Kier molecular flexibility index (Phi) is 7.84. The average molecular weight is 318 g/mol. The Morgan fingerprint density at radius 3 is 2.24 bits per heavy atom. The van der Waals surface area contributed by atoms with Gasteiger partial charge in [0.15, 0.2) is 0 Å². The van der Waals surface area contributed by atoms with Crippen LogP contribution in [0.2, 0.25) is 0 Å². The van der Waals surface area contributed by atoms with Crippen LogP contribution < -0.4 is 5.09 Å². The second-order valence-corrected chi connectivity index (χ2v) is 13.6. The van der Waals surface area contributed by atoms with Gasteiger partial charge in [-0.15, -0.1) is 0 Å². The lowest BCUT2D eigenvalue weighted by molar-refractivity contribution is 0.546. The highest BCUT2D eigenvalue weighted by Gasteiger charge is 2.32. The van der Waals surface area contributed by atoms with Crippen LogP contribution in [0, 0.1) is 5.92 Å². The van der Waals surface area contributed by atoms with Crippen molar-refractivity contribution in [3.63, 3.8) is 0 Å². The minimum Gasteiger partial charge on any atom is -0.272 e. The van der Waals surface area contributed by atoms with Crippen LogP contribution in [0.3, 0.4) is 0 Å². The molecule has 0 rings (SSSR count). The third-order valence-electron chi connectivity index (χ3n) is 2.12. The van der Waals surface area contributed by atoms with E-state index in [1.165, 1.54) is 4.08 Å². The number of nitrogens with zero attached hydrogens (tertiary/aromatic N) is 1. The predicted molar refractivity (Wildman–Crippen MR) is 82.5 cm³/mol. The van der Waals surface area contributed by atoms with Crippen molar-refractivity contribution < 1.29 is 8.42 Å². The molecular weight excluding hydrogens is 295 g/mol. The molecule has 0 radical (unpaired) electrons. The van der Waals surface area contributed by atoms with E-state index in [1.807, 2.05) is 6.92 Å². The lowest BCUT2D eigenvalue weighted by Gasteiger charge is -2.32. The van der Waals surface area contributed by atoms with Crippen LogP contribution in [0.15, 0.2) is 0 Å². The lowest BCUT2D eigenvalue weighted by Crippen LogP contribution is -2.32. The zero-order valence-corrected chi connectivity index (χ0v) is 14.5. The van der Waals surface area contributed by atoms with Gasteiger partial charge in [0, 0.05) is 12.3 Å². The summed E-state index contributed by atoms with van der Waals surface area (Å²) in [6, 6.07) is 0. The molecule has 0 aliphatic rings. The van der Waals surface area contributed by atoms with Crippen LogP contribution in [-0.2, 0) is 21.8 Å². The molecule has 4 nitrogen and oxygen atoms in total. The molecule has 8 heteroatoms. The monoisotopic (exact) mass is 318 g/mol. The van der Waals surface area contributed by atoms with E-state index in [4.69, 9.17) is 11.8 Å². The number of nitrogens with one attached hydrogen (secondary N) is 1. The highest BCUT2D eigenvalue weighted by molar-refractivity contribution is 8.70. The zero-order chi connectivity index (χ0) is 13.7. The lowest BCUT2D eigenvalue weighted by atomic mass is 10.3. The zero-order valence-electron chi connectivity index (χ0n) is 11.1. The Morgan fingerprint density at radius 2 is 1.94 bits per heavy atom. The smallest absolute Gasteiger partial charge is 0.219 e. The maximum absolute atomic E-state index is 12.0. The third kappa shape index (κ3) is 5.17. The summed E-state index contributed by atoms with van der Waals surface area (Å²) in [6.45, 7) is 8.13. The van der Waals surface area contributed by atoms with Crippen molar-refractivity contribution in [3.05, 3.63) is 0 Å². The fraction of sp³-hybridized carbons (Fsp3) is 1.00. The Labute approximate surface area is 115 Å². The van der Waals surface area contributed by atoms with Crippen LogP contribution in [0.4, 0.5) is 0 Å². The summed E-state index contributed by atoms with van der Waals surface area (Å²) >= 11 is 7.13. The molecule has 104 valence electrons. The largest absolute Gasteiger partial charge is 0.272 e. The van der Waals surface area contributed by atoms with Crippen LogP contribution in [-0.4, -0.2) is 37.6 Å². The molecule has 0 heterocycles. The molecule has 0 aliphatic heterocycles. The molecule has 0 spiro atoms. The van der Waals surface area contributed by atoms with Gasteiger partial charge in [-0.3, -0.25) is 5.09 Å². The van der Waals surface area contributed by atoms with E-state index in [0.29, 0.717) is 12.5 Å². The number of sulfonamides is 1. The van der Waals surface area contributed by atoms with Gasteiger partial charge in [0.1, 0.15) is 5.54 Å². The van der Waals surface area contributed by atoms with Crippen molar-refractivity contribution in [2.45, 2.75) is 27.7 Å². The van der Waals surface area contributed by atoms with E-state index in [-0.39, 0.29) is 5.75 Å². The van der Waals surface area contributed by atoms with Crippen molar-refractivity contribution in [1.29, 1.82) is 0 Å². The second kappa shape index (κ2) is 7.46. The highest BCUT2D eigenvalue weighted by Crippen LogP contribution is 2.59. The number of rotatable bonds is 8. The van der Waals surface area contributed by atoms with Crippen molar-refractivity contribution in [1.82, 2.24) is 9.16 Å². The molecule has 0 saturated carbocycles. The van der Waals surface area contributed by atoms with E-state index in [9.17, 15) is 8.42 Å². The standard InChI is InChI=1S/C9H23N2O2PS3/c1-6-11(17(12,13)7-2)14(15,10-5)16-8-9(3)4/h9H,6-8H2,1-5H3,(H,10,15). The van der Waals surface area contributed by atoms with Crippen LogP contribution in [0.25, 0.3) is 0 Å². The summed E-state index contributed by atoms with van der Waals surface area (Å²) in [4.78, 5) is 0. The van der Waals surface area contributed by atoms with Crippen molar-refractivity contribution in [2.24, 2.45) is 5.92 Å². The molecule has 0 aromatic carbocycles. The first kappa shape index (κ1) is 17.9. The Morgan fingerprint density at radius 1 is 1.41 bits per heavy atom. The number of hydrogen-bond acceptors (Lipinski definition) is 4. The van der Waals surface area contributed by atoms with Crippen LogP contribution in [0.5, 0.6) is 0 Å². The van der Waals surface area contributed by atoms with E-state index in [0.717, 1.165) is 5.75 Å². The maximum atomic E-state index is 12.0. The quantitative estimate of drug-likeness (QED) is 0.697. The summed E-state index contributed by atoms with van der Waals surface area (Å²) in [6.07, 6.45) is 0. The van der Waals surface area contributed by atoms with Crippen molar-refractivity contribution in [2.75, 3.05) is 25.1 Å². The summed E-state index contributed by atoms with van der Waals surface area (Å²) in [5.74, 6) is 1.47. The third-order valence-corrected chi connectivity index (χ3v) is 13.2. The first-order chi connectivity index (χ1) is 7.73. The molecular formula is C9H23N2O2PS3. The fourth-order valence-corrected chi connectivity index (χ4v) is 10.9. The molecule has 1 N–H and O–H groups in total. The fourth-order valence-electron chi connectivity index (χ4n) is 1.19. The van der Waals surface area contributed by atoms with Crippen molar-refractivity contribution >= 4 is 38.8 Å². The molecule has 0 aliphatic carbocycles. The Bertz CT molecular complexity index is 370. The van der Waals surface area contributed by atoms with Gasteiger partial charge >= 0.3 is 0 Å². The summed E-state index contributed by atoms with van der Waals surface area (Å²) in [5, 5.41) is 3.06. The molecule has 0 amide bonds.